The highest BCUT2D eigenvalue weighted by Crippen LogP contribution is 2.32. The van der Waals surface area contributed by atoms with Crippen molar-refractivity contribution in [2.75, 3.05) is 70.6 Å². The molecule has 0 aromatic carbocycles. The molecule has 1 amide bonds. The third kappa shape index (κ3) is 4.57. The maximum Gasteiger partial charge on any atom is 0.269 e. The average molecular weight is 376 g/mol. The second kappa shape index (κ2) is 8.52. The van der Waals surface area contributed by atoms with Crippen LogP contribution in [0.3, 0.4) is 0 Å². The largest absolute Gasteiger partial charge is 0.379 e. The summed E-state index contributed by atoms with van der Waals surface area (Å²) in [6.45, 7) is 7.97. The number of morpholine rings is 1. The second-order valence-corrected chi connectivity index (χ2v) is 7.21. The van der Waals surface area contributed by atoms with E-state index >= 15 is 0 Å². The van der Waals surface area contributed by atoms with Gasteiger partial charge in [0.25, 0.3) is 5.91 Å². The molecule has 0 atom stereocenters. The van der Waals surface area contributed by atoms with Gasteiger partial charge in [0.1, 0.15) is 5.69 Å². The van der Waals surface area contributed by atoms with Crippen molar-refractivity contribution in [2.45, 2.75) is 18.6 Å². The lowest BCUT2D eigenvalue weighted by Crippen LogP contribution is -2.45. The van der Waals surface area contributed by atoms with Gasteiger partial charge in [0.2, 0.25) is 0 Å². The number of ether oxygens (including phenoxy) is 3. The first-order valence-electron chi connectivity index (χ1n) is 9.81. The number of amides is 1. The Balaban J connectivity index is 1.24. The van der Waals surface area contributed by atoms with E-state index < -0.39 is 0 Å². The van der Waals surface area contributed by atoms with Crippen molar-refractivity contribution in [3.63, 3.8) is 0 Å². The lowest BCUT2D eigenvalue weighted by molar-refractivity contribution is -0.169. The average Bonchev–Trinajstić information content (AvgIpc) is 3.17. The number of carbonyl (C=O) groups excluding carboxylic acids is 1. The Morgan fingerprint density at radius 1 is 1.07 bits per heavy atom. The van der Waals surface area contributed by atoms with Crippen LogP contribution in [-0.2, 0) is 14.2 Å². The van der Waals surface area contributed by atoms with E-state index in [0.29, 0.717) is 25.5 Å². The van der Waals surface area contributed by atoms with Gasteiger partial charge in [0.05, 0.1) is 38.3 Å². The number of nitrogens with zero attached hydrogens (tertiary/aromatic N) is 3. The summed E-state index contributed by atoms with van der Waals surface area (Å²) in [5, 5.41) is 2.95. The van der Waals surface area contributed by atoms with Crippen molar-refractivity contribution < 1.29 is 19.0 Å². The van der Waals surface area contributed by atoms with Crippen LogP contribution in [0.15, 0.2) is 18.3 Å². The predicted octanol–water partition coefficient (Wildman–Crippen LogP) is 0.487. The number of carbonyl (C=O) groups is 1. The van der Waals surface area contributed by atoms with Gasteiger partial charge in [-0.05, 0) is 12.1 Å². The zero-order chi connectivity index (χ0) is 18.5. The van der Waals surface area contributed by atoms with Gasteiger partial charge in [-0.15, -0.1) is 0 Å². The molecule has 4 heterocycles. The molecular formula is C19H28N4O4. The molecule has 148 valence electrons. The molecular weight excluding hydrogens is 348 g/mol. The topological polar surface area (TPSA) is 76.2 Å². The first-order chi connectivity index (χ1) is 13.2. The monoisotopic (exact) mass is 376 g/mol. The summed E-state index contributed by atoms with van der Waals surface area (Å²) < 4.78 is 16.9. The van der Waals surface area contributed by atoms with E-state index in [1.165, 1.54) is 0 Å². The van der Waals surface area contributed by atoms with Crippen molar-refractivity contribution >= 4 is 11.6 Å². The molecule has 4 rings (SSSR count). The highest BCUT2D eigenvalue weighted by Gasteiger charge is 2.39. The molecule has 27 heavy (non-hydrogen) atoms. The van der Waals surface area contributed by atoms with Crippen LogP contribution in [0.4, 0.5) is 5.69 Å². The maximum absolute atomic E-state index is 12.3. The lowest BCUT2D eigenvalue weighted by Gasteiger charge is -2.38. The summed E-state index contributed by atoms with van der Waals surface area (Å²) >= 11 is 0. The van der Waals surface area contributed by atoms with Gasteiger partial charge in [-0.1, -0.05) is 0 Å². The molecule has 3 aliphatic rings. The summed E-state index contributed by atoms with van der Waals surface area (Å²) in [5.74, 6) is -0.496. The SMILES string of the molecule is O=C(NCCN1CCOCC1)c1ccc(N2CCC3(CC2)OCCO3)cn1. The Morgan fingerprint density at radius 3 is 2.48 bits per heavy atom. The molecule has 1 spiro atoms. The van der Waals surface area contributed by atoms with Crippen LogP contribution < -0.4 is 10.2 Å². The van der Waals surface area contributed by atoms with Gasteiger partial charge in [0.15, 0.2) is 5.79 Å². The molecule has 0 unspecified atom stereocenters. The third-order valence-electron chi connectivity index (χ3n) is 5.50. The number of piperidine rings is 1. The van der Waals surface area contributed by atoms with E-state index in [0.717, 1.165) is 64.5 Å². The fourth-order valence-electron chi connectivity index (χ4n) is 3.84. The zero-order valence-corrected chi connectivity index (χ0v) is 15.7. The minimum absolute atomic E-state index is 0.125. The molecule has 8 nitrogen and oxygen atoms in total. The fraction of sp³-hybridized carbons (Fsp3) is 0.684. The van der Waals surface area contributed by atoms with Crippen LogP contribution in [0.2, 0.25) is 0 Å². The van der Waals surface area contributed by atoms with Crippen molar-refractivity contribution in [3.8, 4) is 0 Å². The maximum atomic E-state index is 12.3. The second-order valence-electron chi connectivity index (χ2n) is 7.21. The van der Waals surface area contributed by atoms with E-state index in [4.69, 9.17) is 14.2 Å². The van der Waals surface area contributed by atoms with E-state index in [2.05, 4.69) is 20.1 Å². The molecule has 0 aliphatic carbocycles. The lowest BCUT2D eigenvalue weighted by atomic mass is 10.0. The molecule has 1 N–H and O–H groups in total. The smallest absolute Gasteiger partial charge is 0.269 e. The van der Waals surface area contributed by atoms with E-state index in [9.17, 15) is 4.79 Å². The van der Waals surface area contributed by atoms with Crippen molar-refractivity contribution in [1.29, 1.82) is 0 Å². The van der Waals surface area contributed by atoms with Gasteiger partial charge in [0, 0.05) is 52.1 Å². The number of hydrogen-bond donors (Lipinski definition) is 1. The van der Waals surface area contributed by atoms with E-state index in [-0.39, 0.29) is 11.7 Å². The first kappa shape index (κ1) is 18.6. The molecule has 3 saturated heterocycles. The normalized spacial score (nSPS) is 22.9. The van der Waals surface area contributed by atoms with Crippen molar-refractivity contribution in [3.05, 3.63) is 24.0 Å². The summed E-state index contributed by atoms with van der Waals surface area (Å²) in [6.07, 6.45) is 3.50. The van der Waals surface area contributed by atoms with Gasteiger partial charge in [-0.25, -0.2) is 4.98 Å². The number of nitrogens with one attached hydrogen (secondary N) is 1. The minimum Gasteiger partial charge on any atom is -0.379 e. The summed E-state index contributed by atoms with van der Waals surface area (Å²) in [6, 6.07) is 3.77. The zero-order valence-electron chi connectivity index (χ0n) is 15.7. The van der Waals surface area contributed by atoms with Gasteiger partial charge < -0.3 is 24.4 Å². The van der Waals surface area contributed by atoms with Crippen LogP contribution in [0.1, 0.15) is 23.3 Å². The molecule has 8 heteroatoms. The molecule has 3 aliphatic heterocycles. The molecule has 3 fully saturated rings. The molecule has 0 bridgehead atoms. The van der Waals surface area contributed by atoms with Gasteiger partial charge in [-0.2, -0.15) is 0 Å². The van der Waals surface area contributed by atoms with Crippen LogP contribution in [0, 0.1) is 0 Å². The highest BCUT2D eigenvalue weighted by molar-refractivity contribution is 5.92. The molecule has 1 aromatic heterocycles. The van der Waals surface area contributed by atoms with Gasteiger partial charge >= 0.3 is 0 Å². The number of anilines is 1. The first-order valence-corrected chi connectivity index (χ1v) is 9.81. The molecule has 0 saturated carbocycles. The van der Waals surface area contributed by atoms with Crippen LogP contribution in [0.25, 0.3) is 0 Å². The Kier molecular flexibility index (Phi) is 5.87. The van der Waals surface area contributed by atoms with Crippen molar-refractivity contribution in [1.82, 2.24) is 15.2 Å². The van der Waals surface area contributed by atoms with E-state index in [1.807, 2.05) is 6.07 Å². The quantitative estimate of drug-likeness (QED) is 0.801. The Labute approximate surface area is 159 Å². The van der Waals surface area contributed by atoms with Crippen LogP contribution >= 0.6 is 0 Å². The molecule has 0 radical (unpaired) electrons. The summed E-state index contributed by atoms with van der Waals surface area (Å²) in [7, 11) is 0. The standard InChI is InChI=1S/C19H28N4O4/c24-18(20-5-8-22-9-11-25-12-10-22)17-2-1-16(15-21-17)23-6-3-19(4-7-23)26-13-14-27-19/h1-2,15H,3-14H2,(H,20,24). The number of hydrogen-bond acceptors (Lipinski definition) is 7. The highest BCUT2D eigenvalue weighted by atomic mass is 16.7. The van der Waals surface area contributed by atoms with E-state index in [1.54, 1.807) is 12.3 Å². The minimum atomic E-state index is -0.371. The Morgan fingerprint density at radius 2 is 1.81 bits per heavy atom. The fourth-order valence-corrected chi connectivity index (χ4v) is 3.84. The summed E-state index contributed by atoms with van der Waals surface area (Å²) in [5.41, 5.74) is 1.49. The molecule has 1 aromatic rings. The van der Waals surface area contributed by atoms with Crippen LogP contribution in [0.5, 0.6) is 0 Å². The van der Waals surface area contributed by atoms with Crippen molar-refractivity contribution in [2.24, 2.45) is 0 Å². The third-order valence-corrected chi connectivity index (χ3v) is 5.50. The Hall–Kier alpha value is -1.74. The Bertz CT molecular complexity index is 617. The van der Waals surface area contributed by atoms with Gasteiger partial charge in [-0.3, -0.25) is 9.69 Å². The number of rotatable bonds is 5. The summed E-state index contributed by atoms with van der Waals surface area (Å²) in [4.78, 5) is 21.2. The number of aromatic nitrogens is 1. The number of pyridine rings is 1. The predicted molar refractivity (Wildman–Crippen MR) is 99.9 cm³/mol. The van der Waals surface area contributed by atoms with Crippen LogP contribution in [-0.4, -0.2) is 87.3 Å².